The molecule has 0 saturated carbocycles. The highest BCUT2D eigenvalue weighted by molar-refractivity contribution is 6.04. The SMILES string of the molecule is CCCCOc1ccc([C@@H]2[C@@H](/C=C/C(=O)c3ccc(F)cc3)OC(=O)N2c2ccccc2)c(OCCCC)c1. The normalized spacial score (nSPS) is 16.9. The summed E-state index contributed by atoms with van der Waals surface area (Å²) in [5.74, 6) is 0.553. The van der Waals surface area contributed by atoms with Gasteiger partial charge in [0.15, 0.2) is 5.78 Å². The van der Waals surface area contributed by atoms with Crippen molar-refractivity contribution in [2.75, 3.05) is 18.1 Å². The minimum atomic E-state index is -0.775. The van der Waals surface area contributed by atoms with E-state index in [0.717, 1.165) is 31.2 Å². The third-order valence-electron chi connectivity index (χ3n) is 6.45. The molecule has 0 unspecified atom stereocenters. The van der Waals surface area contributed by atoms with Crippen molar-refractivity contribution in [1.29, 1.82) is 0 Å². The molecule has 1 aliphatic rings. The molecule has 7 heteroatoms. The van der Waals surface area contributed by atoms with Gasteiger partial charge < -0.3 is 14.2 Å². The first-order chi connectivity index (χ1) is 19.0. The maximum absolute atomic E-state index is 13.3. The van der Waals surface area contributed by atoms with Gasteiger partial charge in [0.05, 0.1) is 13.2 Å². The van der Waals surface area contributed by atoms with Crippen molar-refractivity contribution in [1.82, 2.24) is 0 Å². The number of halogens is 1. The van der Waals surface area contributed by atoms with Crippen LogP contribution in [0.1, 0.15) is 61.5 Å². The molecule has 1 fully saturated rings. The van der Waals surface area contributed by atoms with Crippen molar-refractivity contribution in [2.24, 2.45) is 0 Å². The maximum atomic E-state index is 13.3. The zero-order valence-electron chi connectivity index (χ0n) is 22.3. The van der Waals surface area contributed by atoms with Gasteiger partial charge in [0.25, 0.3) is 0 Å². The standard InChI is InChI=1S/C32H34FNO5/c1-3-5-20-37-26-16-17-27(30(22-26)38-21-6-4-2)31-29(19-18-28(35)23-12-14-24(33)15-13-23)39-32(36)34(31)25-10-8-7-9-11-25/h7-19,22,29,31H,3-6,20-21H2,1-2H3/b19-18+/t29-,31-/m1/s1. The van der Waals surface area contributed by atoms with Crippen LogP contribution in [0.15, 0.2) is 84.9 Å². The molecular formula is C32H34FNO5. The molecule has 1 saturated heterocycles. The molecule has 204 valence electrons. The van der Waals surface area contributed by atoms with Crippen LogP contribution >= 0.6 is 0 Å². The highest BCUT2D eigenvalue weighted by atomic mass is 19.1. The van der Waals surface area contributed by atoms with Gasteiger partial charge in [-0.1, -0.05) is 44.9 Å². The number of amides is 1. The van der Waals surface area contributed by atoms with Gasteiger partial charge in [0, 0.05) is 22.9 Å². The van der Waals surface area contributed by atoms with Crippen LogP contribution in [0.4, 0.5) is 14.9 Å². The lowest BCUT2D eigenvalue weighted by molar-refractivity contribution is 0.104. The summed E-state index contributed by atoms with van der Waals surface area (Å²) in [5.41, 5.74) is 1.74. The van der Waals surface area contributed by atoms with E-state index in [1.165, 1.54) is 30.3 Å². The molecule has 1 aliphatic heterocycles. The van der Waals surface area contributed by atoms with E-state index >= 15 is 0 Å². The molecule has 0 bridgehead atoms. The lowest BCUT2D eigenvalue weighted by Crippen LogP contribution is -2.29. The number of nitrogens with zero attached hydrogens (tertiary/aromatic N) is 1. The number of hydrogen-bond donors (Lipinski definition) is 0. The number of carbonyl (C=O) groups is 2. The molecule has 6 nitrogen and oxygen atoms in total. The maximum Gasteiger partial charge on any atom is 0.415 e. The molecule has 4 rings (SSSR count). The van der Waals surface area contributed by atoms with E-state index in [1.807, 2.05) is 48.5 Å². The molecule has 1 amide bonds. The molecule has 0 N–H and O–H groups in total. The fourth-order valence-electron chi connectivity index (χ4n) is 4.34. The first-order valence-electron chi connectivity index (χ1n) is 13.4. The Kier molecular flexibility index (Phi) is 9.73. The fraction of sp³-hybridized carbons (Fsp3) is 0.312. The molecule has 2 atom stereocenters. The summed E-state index contributed by atoms with van der Waals surface area (Å²) in [4.78, 5) is 27.6. The number of carbonyl (C=O) groups excluding carboxylic acids is 2. The third-order valence-corrected chi connectivity index (χ3v) is 6.45. The molecule has 0 radical (unpaired) electrons. The topological polar surface area (TPSA) is 65.1 Å². The predicted octanol–water partition coefficient (Wildman–Crippen LogP) is 7.69. The Morgan fingerprint density at radius 2 is 1.64 bits per heavy atom. The van der Waals surface area contributed by atoms with E-state index in [1.54, 1.807) is 11.0 Å². The van der Waals surface area contributed by atoms with Crippen LogP contribution < -0.4 is 14.4 Å². The van der Waals surface area contributed by atoms with E-state index in [0.29, 0.717) is 36.0 Å². The molecule has 1 heterocycles. The number of allylic oxidation sites excluding steroid dienone is 1. The molecule has 0 aliphatic carbocycles. The monoisotopic (exact) mass is 531 g/mol. The second kappa shape index (κ2) is 13.6. The van der Waals surface area contributed by atoms with Crippen molar-refractivity contribution >= 4 is 17.6 Å². The minimum Gasteiger partial charge on any atom is -0.493 e. The van der Waals surface area contributed by atoms with Crippen molar-refractivity contribution in [3.63, 3.8) is 0 Å². The van der Waals surface area contributed by atoms with Crippen molar-refractivity contribution < 1.29 is 28.2 Å². The predicted molar refractivity (Wildman–Crippen MR) is 149 cm³/mol. The summed E-state index contributed by atoms with van der Waals surface area (Å²) in [5, 5.41) is 0. The number of para-hydroxylation sites is 1. The number of cyclic esters (lactones) is 1. The van der Waals surface area contributed by atoms with Gasteiger partial charge in [0.2, 0.25) is 0 Å². The zero-order valence-corrected chi connectivity index (χ0v) is 22.3. The van der Waals surface area contributed by atoms with E-state index in [9.17, 15) is 14.0 Å². The van der Waals surface area contributed by atoms with Gasteiger partial charge in [-0.25, -0.2) is 9.18 Å². The van der Waals surface area contributed by atoms with Gasteiger partial charge in [0.1, 0.15) is 29.5 Å². The first kappa shape index (κ1) is 27.9. The van der Waals surface area contributed by atoms with Crippen molar-refractivity contribution in [2.45, 2.75) is 51.7 Å². The summed E-state index contributed by atoms with van der Waals surface area (Å²) in [6.45, 7) is 5.31. The largest absolute Gasteiger partial charge is 0.493 e. The zero-order chi connectivity index (χ0) is 27.6. The van der Waals surface area contributed by atoms with Gasteiger partial charge in [-0.3, -0.25) is 9.69 Å². The number of hydrogen-bond acceptors (Lipinski definition) is 5. The Hall–Kier alpha value is -4.13. The Morgan fingerprint density at radius 3 is 2.33 bits per heavy atom. The smallest absolute Gasteiger partial charge is 0.415 e. The van der Waals surface area contributed by atoms with Crippen LogP contribution in [0.2, 0.25) is 0 Å². The Bertz CT molecular complexity index is 1280. The molecule has 0 spiro atoms. The number of unbranched alkanes of at least 4 members (excludes halogenated alkanes) is 2. The lowest BCUT2D eigenvalue weighted by atomic mass is 9.97. The molecular weight excluding hydrogens is 497 g/mol. The number of ketones is 1. The van der Waals surface area contributed by atoms with Crippen molar-refractivity contribution in [3.8, 4) is 11.5 Å². The minimum absolute atomic E-state index is 0.318. The average molecular weight is 532 g/mol. The molecule has 3 aromatic carbocycles. The summed E-state index contributed by atoms with van der Waals surface area (Å²) in [6.07, 6.45) is 5.45. The molecule has 0 aromatic heterocycles. The number of benzene rings is 3. The Labute approximate surface area is 229 Å². The van der Waals surface area contributed by atoms with Crippen molar-refractivity contribution in [3.05, 3.63) is 102 Å². The highest BCUT2D eigenvalue weighted by Gasteiger charge is 2.44. The lowest BCUT2D eigenvalue weighted by Gasteiger charge is -2.26. The van der Waals surface area contributed by atoms with E-state index in [-0.39, 0.29) is 5.78 Å². The number of ether oxygens (including phenoxy) is 3. The van der Waals surface area contributed by atoms with Crippen LogP contribution in [0.5, 0.6) is 11.5 Å². The fourth-order valence-corrected chi connectivity index (χ4v) is 4.34. The van der Waals surface area contributed by atoms with Crippen LogP contribution in [0.25, 0.3) is 0 Å². The van der Waals surface area contributed by atoms with Crippen LogP contribution in [-0.2, 0) is 4.74 Å². The van der Waals surface area contributed by atoms with Crippen LogP contribution in [-0.4, -0.2) is 31.2 Å². The van der Waals surface area contributed by atoms with Gasteiger partial charge in [-0.15, -0.1) is 0 Å². The summed E-state index contributed by atoms with van der Waals surface area (Å²) >= 11 is 0. The Morgan fingerprint density at radius 1 is 0.949 bits per heavy atom. The van der Waals surface area contributed by atoms with Crippen LogP contribution in [0, 0.1) is 5.82 Å². The molecule has 39 heavy (non-hydrogen) atoms. The summed E-state index contributed by atoms with van der Waals surface area (Å²) < 4.78 is 31.3. The van der Waals surface area contributed by atoms with Crippen LogP contribution in [0.3, 0.4) is 0 Å². The van der Waals surface area contributed by atoms with E-state index in [4.69, 9.17) is 14.2 Å². The number of rotatable bonds is 13. The number of anilines is 1. The Balaban J connectivity index is 1.71. The third kappa shape index (κ3) is 7.05. The second-order valence-corrected chi connectivity index (χ2v) is 9.33. The summed E-state index contributed by atoms with van der Waals surface area (Å²) in [6, 6.07) is 19.6. The van der Waals surface area contributed by atoms with Gasteiger partial charge >= 0.3 is 6.09 Å². The molecule has 3 aromatic rings. The van der Waals surface area contributed by atoms with E-state index in [2.05, 4.69) is 13.8 Å². The summed E-state index contributed by atoms with van der Waals surface area (Å²) in [7, 11) is 0. The van der Waals surface area contributed by atoms with Gasteiger partial charge in [-0.05, 0) is 73.5 Å². The van der Waals surface area contributed by atoms with E-state index < -0.39 is 24.1 Å². The van der Waals surface area contributed by atoms with Gasteiger partial charge in [-0.2, -0.15) is 0 Å². The first-order valence-corrected chi connectivity index (χ1v) is 13.4. The average Bonchev–Trinajstić information content (AvgIpc) is 3.28. The second-order valence-electron chi connectivity index (χ2n) is 9.33. The highest BCUT2D eigenvalue weighted by Crippen LogP contribution is 2.42. The quantitative estimate of drug-likeness (QED) is 0.129.